The predicted molar refractivity (Wildman–Crippen MR) is 194 cm³/mol. The number of thioether (sulfide) groups is 2. The summed E-state index contributed by atoms with van der Waals surface area (Å²) in [6.45, 7) is 3.44. The van der Waals surface area contributed by atoms with Crippen LogP contribution in [-0.2, 0) is 19.1 Å². The zero-order valence-corrected chi connectivity index (χ0v) is 29.8. The topological polar surface area (TPSA) is 174 Å². The van der Waals surface area contributed by atoms with Gasteiger partial charge < -0.3 is 19.9 Å². The highest BCUT2D eigenvalue weighted by atomic mass is 32.2. The molecule has 0 bridgehead atoms. The second-order valence-electron chi connectivity index (χ2n) is 11.5. The lowest BCUT2D eigenvalue weighted by molar-refractivity contribution is -0.140. The van der Waals surface area contributed by atoms with E-state index in [-0.39, 0.29) is 36.3 Å². The van der Waals surface area contributed by atoms with E-state index in [1.807, 2.05) is 10.0 Å². The van der Waals surface area contributed by atoms with Crippen molar-refractivity contribution in [2.45, 2.75) is 38.5 Å². The van der Waals surface area contributed by atoms with E-state index in [1.165, 1.54) is 67.1 Å². The number of methoxy groups -OCH3 is 1. The highest BCUT2D eigenvalue weighted by Gasteiger charge is 2.29. The molecular formula is C34H37F2N7O7S2. The Kier molecular flexibility index (Phi) is 13.8. The van der Waals surface area contributed by atoms with E-state index in [0.717, 1.165) is 64.0 Å². The Morgan fingerprint density at radius 2 is 1.44 bits per heavy atom. The van der Waals surface area contributed by atoms with Crippen molar-refractivity contribution in [2.24, 2.45) is 9.98 Å². The second kappa shape index (κ2) is 18.6. The maximum atomic E-state index is 13.7. The van der Waals surface area contributed by atoms with Crippen molar-refractivity contribution in [2.75, 3.05) is 39.8 Å². The summed E-state index contributed by atoms with van der Waals surface area (Å²) in [5, 5.41) is 17.1. The minimum Gasteiger partial charge on any atom is -0.507 e. The zero-order valence-electron chi connectivity index (χ0n) is 28.2. The number of ether oxygens (including phenoxy) is 2. The van der Waals surface area contributed by atoms with Crippen LogP contribution in [0.5, 0.6) is 11.5 Å². The quantitative estimate of drug-likeness (QED) is 0.176. The third kappa shape index (κ3) is 10.9. The van der Waals surface area contributed by atoms with Crippen LogP contribution in [0.4, 0.5) is 13.6 Å². The number of rotatable bonds is 7. The standard InChI is InChI=1S/C20H23FN4O5S.C14H14FN3O2S/c1-29-17(26)5-4-8-22-20(28)30-15-12-14(21)7-6-13(15)11-16-18(27)24-19(31-16)25-10-3-2-9-23-25;15-10-4-3-9(11(19)8-10)7-12-13(20)17-14(21-12)18-6-2-1-5-16-18/h6-7,11-12,23H,2-5,8-10H2,1H3,(H,22,28);3-4,7-8,16,19H,1-2,5-6H2/b16-11+;12-7-. The summed E-state index contributed by atoms with van der Waals surface area (Å²) in [6.07, 6.45) is 7.01. The minimum atomic E-state index is -0.796. The number of carbonyl (C=O) groups excluding carboxylic acids is 4. The van der Waals surface area contributed by atoms with Crippen molar-refractivity contribution in [1.29, 1.82) is 0 Å². The number of hydrogen-bond donors (Lipinski definition) is 4. The molecule has 4 aliphatic heterocycles. The molecule has 2 aromatic carbocycles. The number of carbonyl (C=O) groups is 4. The van der Waals surface area contributed by atoms with Crippen molar-refractivity contribution in [1.82, 2.24) is 26.2 Å². The van der Waals surface area contributed by atoms with Crippen LogP contribution in [0.2, 0.25) is 0 Å². The second-order valence-corrected chi connectivity index (χ2v) is 13.6. The molecule has 52 heavy (non-hydrogen) atoms. The van der Waals surface area contributed by atoms with Crippen molar-refractivity contribution in [3.05, 3.63) is 69.0 Å². The van der Waals surface area contributed by atoms with Gasteiger partial charge in [0, 0.05) is 62.4 Å². The highest BCUT2D eigenvalue weighted by molar-refractivity contribution is 8.18. The molecule has 276 valence electrons. The summed E-state index contributed by atoms with van der Waals surface area (Å²) < 4.78 is 36.4. The zero-order chi connectivity index (χ0) is 37.0. The molecule has 0 atom stereocenters. The maximum absolute atomic E-state index is 13.7. The van der Waals surface area contributed by atoms with Crippen LogP contribution in [0.3, 0.4) is 0 Å². The number of amides is 3. The van der Waals surface area contributed by atoms with Crippen molar-refractivity contribution >= 4 is 69.9 Å². The van der Waals surface area contributed by atoms with Gasteiger partial charge in [0.15, 0.2) is 10.3 Å². The number of amidine groups is 2. The Morgan fingerprint density at radius 3 is 1.98 bits per heavy atom. The van der Waals surface area contributed by atoms with Crippen LogP contribution in [0.1, 0.15) is 49.7 Å². The molecule has 3 amide bonds. The van der Waals surface area contributed by atoms with Crippen LogP contribution < -0.4 is 20.9 Å². The van der Waals surface area contributed by atoms with Crippen LogP contribution in [0, 0.1) is 11.6 Å². The fourth-order valence-electron chi connectivity index (χ4n) is 5.03. The Balaban J connectivity index is 0.000000216. The lowest BCUT2D eigenvalue weighted by Crippen LogP contribution is -2.45. The Morgan fingerprint density at radius 1 is 0.885 bits per heavy atom. The third-order valence-electron chi connectivity index (χ3n) is 7.70. The van der Waals surface area contributed by atoms with E-state index in [1.54, 1.807) is 0 Å². The van der Waals surface area contributed by atoms with E-state index < -0.39 is 23.6 Å². The van der Waals surface area contributed by atoms with Crippen LogP contribution in [0.15, 0.2) is 56.2 Å². The van der Waals surface area contributed by atoms with Gasteiger partial charge in [0.2, 0.25) is 0 Å². The Hall–Kier alpha value is -4.78. The molecule has 18 heteroatoms. The first kappa shape index (κ1) is 38.5. The number of phenolic OH excluding ortho intramolecular Hbond substituents is 1. The molecular weight excluding hydrogens is 721 g/mol. The lowest BCUT2D eigenvalue weighted by atomic mass is 10.2. The number of nitrogens with one attached hydrogen (secondary N) is 3. The fraction of sp³-hybridized carbons (Fsp3) is 0.353. The number of aliphatic imine (C=N–C) groups is 2. The molecule has 0 unspecified atom stereocenters. The Bertz CT molecular complexity index is 1810. The number of hydrazine groups is 2. The number of hydrogen-bond acceptors (Lipinski definition) is 13. The normalized spacial score (nSPS) is 18.9. The summed E-state index contributed by atoms with van der Waals surface area (Å²) in [5.41, 5.74) is 7.14. The molecule has 0 aliphatic carbocycles. The first-order valence-corrected chi connectivity index (χ1v) is 18.1. The molecule has 0 aromatic heterocycles. The van der Waals surface area contributed by atoms with E-state index in [4.69, 9.17) is 4.74 Å². The molecule has 14 nitrogen and oxygen atoms in total. The van der Waals surface area contributed by atoms with Gasteiger partial charge in [0.25, 0.3) is 11.8 Å². The summed E-state index contributed by atoms with van der Waals surface area (Å²) >= 11 is 2.46. The summed E-state index contributed by atoms with van der Waals surface area (Å²) in [4.78, 5) is 56.2. The van der Waals surface area contributed by atoms with Crippen LogP contribution in [0.25, 0.3) is 12.2 Å². The first-order valence-electron chi connectivity index (χ1n) is 16.5. The monoisotopic (exact) mass is 757 g/mol. The van der Waals surface area contributed by atoms with Gasteiger partial charge in [-0.2, -0.15) is 9.98 Å². The fourth-order valence-corrected chi connectivity index (χ4v) is 6.85. The molecule has 0 spiro atoms. The number of halogens is 2. The van der Waals surface area contributed by atoms with Gasteiger partial charge in [-0.05, 0) is 92.0 Å². The molecule has 4 N–H and O–H groups in total. The van der Waals surface area contributed by atoms with Crippen LogP contribution >= 0.6 is 23.5 Å². The summed E-state index contributed by atoms with van der Waals surface area (Å²) in [5.74, 6) is -2.46. The van der Waals surface area contributed by atoms with Gasteiger partial charge in [-0.3, -0.25) is 24.4 Å². The molecule has 0 saturated carbocycles. The Labute approximate surface area is 306 Å². The highest BCUT2D eigenvalue weighted by Crippen LogP contribution is 2.34. The average Bonchev–Trinajstić information content (AvgIpc) is 3.70. The molecule has 2 fully saturated rings. The van der Waals surface area contributed by atoms with E-state index >= 15 is 0 Å². The van der Waals surface area contributed by atoms with Crippen molar-refractivity contribution in [3.8, 4) is 11.5 Å². The van der Waals surface area contributed by atoms with Gasteiger partial charge in [-0.25, -0.2) is 24.4 Å². The average molecular weight is 758 g/mol. The number of esters is 1. The maximum Gasteiger partial charge on any atom is 0.412 e. The van der Waals surface area contributed by atoms with E-state index in [2.05, 4.69) is 30.9 Å². The molecule has 4 aliphatic rings. The van der Waals surface area contributed by atoms with Gasteiger partial charge >= 0.3 is 12.1 Å². The smallest absolute Gasteiger partial charge is 0.412 e. The van der Waals surface area contributed by atoms with Gasteiger partial charge in [0.1, 0.15) is 23.1 Å². The summed E-state index contributed by atoms with van der Waals surface area (Å²) in [7, 11) is 1.29. The van der Waals surface area contributed by atoms with E-state index in [9.17, 15) is 33.1 Å². The third-order valence-corrected chi connectivity index (χ3v) is 9.71. The van der Waals surface area contributed by atoms with Crippen molar-refractivity contribution in [3.63, 3.8) is 0 Å². The van der Waals surface area contributed by atoms with Gasteiger partial charge in [0.05, 0.1) is 16.9 Å². The number of phenols is 1. The molecule has 6 rings (SSSR count). The SMILES string of the molecule is COC(=O)CCCNC(=O)Oc1cc(F)ccc1/C=C1/SC(N2CCCCN2)=NC1=O.O=C1N=C(N2CCCCN2)S/C1=C\c1ccc(F)cc1O. The predicted octanol–water partition coefficient (Wildman–Crippen LogP) is 4.54. The molecule has 0 radical (unpaired) electrons. The van der Waals surface area contributed by atoms with E-state index in [0.29, 0.717) is 37.7 Å². The minimum absolute atomic E-state index is 0.0316. The largest absolute Gasteiger partial charge is 0.507 e. The lowest BCUT2D eigenvalue weighted by Gasteiger charge is -2.28. The first-order chi connectivity index (χ1) is 25.1. The van der Waals surface area contributed by atoms with Gasteiger partial charge in [-0.15, -0.1) is 0 Å². The number of benzene rings is 2. The number of nitrogens with zero attached hydrogens (tertiary/aromatic N) is 4. The molecule has 2 saturated heterocycles. The molecule has 2 aromatic rings. The van der Waals surface area contributed by atoms with Gasteiger partial charge in [-0.1, -0.05) is 0 Å². The molecule has 4 heterocycles. The number of aromatic hydroxyl groups is 1. The van der Waals surface area contributed by atoms with Crippen molar-refractivity contribution < 1.29 is 42.5 Å². The van der Waals surface area contributed by atoms with Crippen LogP contribution in [-0.4, -0.2) is 89.2 Å². The summed E-state index contributed by atoms with van der Waals surface area (Å²) in [6, 6.07) is 7.40.